The number of nitrogens with zero attached hydrogens (tertiary/aromatic N) is 1. The predicted octanol–water partition coefficient (Wildman–Crippen LogP) is 0.844. The number of carboxylic acids is 1. The van der Waals surface area contributed by atoms with E-state index in [1.165, 1.54) is 6.92 Å². The lowest BCUT2D eigenvalue weighted by atomic mass is 10.3. The Morgan fingerprint density at radius 3 is 2.90 bits per heavy atom. The van der Waals surface area contributed by atoms with Crippen LogP contribution in [0, 0.1) is 0 Å². The molecule has 2 amide bonds. The fourth-order valence-corrected chi connectivity index (χ4v) is 1.73. The average Bonchev–Trinajstić information content (AvgIpc) is 2.86. The fourth-order valence-electron chi connectivity index (χ4n) is 1.73. The summed E-state index contributed by atoms with van der Waals surface area (Å²) < 4.78 is 5.11. The Kier molecular flexibility index (Phi) is 4.27. The van der Waals surface area contributed by atoms with Gasteiger partial charge >= 0.3 is 12.0 Å². The van der Waals surface area contributed by atoms with Crippen molar-refractivity contribution >= 4 is 23.0 Å². The number of urea groups is 1. The van der Waals surface area contributed by atoms with Crippen molar-refractivity contribution in [2.75, 3.05) is 7.11 Å². The van der Waals surface area contributed by atoms with E-state index in [1.54, 1.807) is 25.3 Å². The maximum absolute atomic E-state index is 11.5. The molecule has 1 unspecified atom stereocenters. The quantitative estimate of drug-likeness (QED) is 0.651. The molecular formula is C13H16N4O4. The monoisotopic (exact) mass is 292 g/mol. The first-order valence-electron chi connectivity index (χ1n) is 6.29. The van der Waals surface area contributed by atoms with Crippen LogP contribution < -0.4 is 15.4 Å². The summed E-state index contributed by atoms with van der Waals surface area (Å²) in [7, 11) is 1.58. The third-order valence-electron chi connectivity index (χ3n) is 2.87. The molecule has 0 aliphatic heterocycles. The number of benzene rings is 1. The second kappa shape index (κ2) is 6.12. The highest BCUT2D eigenvalue weighted by Gasteiger charge is 2.13. The third-order valence-corrected chi connectivity index (χ3v) is 2.87. The lowest BCUT2D eigenvalue weighted by Gasteiger charge is -2.09. The largest absolute Gasteiger partial charge is 0.497 e. The highest BCUT2D eigenvalue weighted by Crippen LogP contribution is 2.18. The van der Waals surface area contributed by atoms with E-state index >= 15 is 0 Å². The Hall–Kier alpha value is -2.77. The van der Waals surface area contributed by atoms with Crippen molar-refractivity contribution in [1.29, 1.82) is 0 Å². The molecule has 4 N–H and O–H groups in total. The first-order chi connectivity index (χ1) is 9.99. The molecule has 1 heterocycles. The highest BCUT2D eigenvalue weighted by molar-refractivity contribution is 5.82. The maximum atomic E-state index is 11.5. The fraction of sp³-hybridized carbons (Fsp3) is 0.308. The maximum Gasteiger partial charge on any atom is 0.325 e. The number of H-pyrrole nitrogens is 1. The molecule has 0 saturated heterocycles. The molecule has 8 heteroatoms. The lowest BCUT2D eigenvalue weighted by molar-refractivity contribution is -0.138. The van der Waals surface area contributed by atoms with Crippen molar-refractivity contribution in [2.45, 2.75) is 19.5 Å². The summed E-state index contributed by atoms with van der Waals surface area (Å²) in [6.07, 6.45) is 0. The first kappa shape index (κ1) is 14.6. The van der Waals surface area contributed by atoms with Gasteiger partial charge in [0.2, 0.25) is 0 Å². The van der Waals surface area contributed by atoms with E-state index < -0.39 is 18.0 Å². The number of carbonyl (C=O) groups is 2. The number of carboxylic acid groups (broad SMARTS) is 1. The van der Waals surface area contributed by atoms with Gasteiger partial charge in [0.25, 0.3) is 0 Å². The molecule has 0 aliphatic carbocycles. The van der Waals surface area contributed by atoms with E-state index in [0.717, 1.165) is 11.0 Å². The number of hydrogen-bond acceptors (Lipinski definition) is 4. The van der Waals surface area contributed by atoms with Crippen LogP contribution in [0.3, 0.4) is 0 Å². The van der Waals surface area contributed by atoms with Crippen molar-refractivity contribution in [1.82, 2.24) is 20.6 Å². The zero-order chi connectivity index (χ0) is 15.4. The molecule has 2 rings (SSSR count). The number of amides is 2. The number of fused-ring (bicyclic) bond motifs is 1. The standard InChI is InChI=1S/C13H16N4O4/c1-7(12(18)19)15-13(20)14-6-11-16-9-4-3-8(21-2)5-10(9)17-11/h3-5,7H,6H2,1-2H3,(H,16,17)(H,18,19)(H2,14,15,20). The minimum Gasteiger partial charge on any atom is -0.497 e. The van der Waals surface area contributed by atoms with Gasteiger partial charge in [-0.15, -0.1) is 0 Å². The van der Waals surface area contributed by atoms with E-state index in [0.29, 0.717) is 11.6 Å². The SMILES string of the molecule is COc1ccc2nc(CNC(=O)NC(C)C(=O)O)[nH]c2c1. The summed E-state index contributed by atoms with van der Waals surface area (Å²) in [6, 6.07) is 3.88. The molecule has 0 aliphatic rings. The minimum atomic E-state index is -1.10. The van der Waals surface area contributed by atoms with Crippen molar-refractivity contribution < 1.29 is 19.4 Å². The van der Waals surface area contributed by atoms with E-state index in [2.05, 4.69) is 20.6 Å². The molecule has 1 atom stereocenters. The van der Waals surface area contributed by atoms with Gasteiger partial charge in [-0.3, -0.25) is 4.79 Å². The molecule has 21 heavy (non-hydrogen) atoms. The van der Waals surface area contributed by atoms with Crippen LogP contribution in [0.5, 0.6) is 5.75 Å². The minimum absolute atomic E-state index is 0.162. The molecule has 2 aromatic rings. The van der Waals surface area contributed by atoms with Gasteiger partial charge in [-0.1, -0.05) is 0 Å². The zero-order valence-corrected chi connectivity index (χ0v) is 11.6. The molecule has 1 aromatic heterocycles. The van der Waals surface area contributed by atoms with Gasteiger partial charge in [0, 0.05) is 6.07 Å². The van der Waals surface area contributed by atoms with Gasteiger partial charge in [-0.2, -0.15) is 0 Å². The summed E-state index contributed by atoms with van der Waals surface area (Å²) in [6.45, 7) is 1.55. The lowest BCUT2D eigenvalue weighted by Crippen LogP contribution is -2.44. The summed E-state index contributed by atoms with van der Waals surface area (Å²) >= 11 is 0. The Labute approximate surface area is 120 Å². The van der Waals surface area contributed by atoms with Crippen molar-refractivity contribution in [3.05, 3.63) is 24.0 Å². The summed E-state index contributed by atoms with van der Waals surface area (Å²) in [5.74, 6) is 0.177. The summed E-state index contributed by atoms with van der Waals surface area (Å²) in [5, 5.41) is 13.5. The van der Waals surface area contributed by atoms with E-state index in [9.17, 15) is 9.59 Å². The number of aromatic amines is 1. The average molecular weight is 292 g/mol. The third kappa shape index (κ3) is 3.62. The highest BCUT2D eigenvalue weighted by atomic mass is 16.5. The van der Waals surface area contributed by atoms with Crippen LogP contribution in [0.15, 0.2) is 18.2 Å². The summed E-state index contributed by atoms with van der Waals surface area (Å²) in [4.78, 5) is 29.5. The van der Waals surface area contributed by atoms with Gasteiger partial charge < -0.3 is 25.5 Å². The van der Waals surface area contributed by atoms with Crippen LogP contribution in [0.25, 0.3) is 11.0 Å². The second-order valence-electron chi connectivity index (χ2n) is 4.45. The van der Waals surface area contributed by atoms with E-state index in [-0.39, 0.29) is 6.54 Å². The molecule has 1 aromatic carbocycles. The topological polar surface area (TPSA) is 116 Å². The van der Waals surface area contributed by atoms with Gasteiger partial charge in [0.15, 0.2) is 0 Å². The van der Waals surface area contributed by atoms with Gasteiger partial charge in [-0.05, 0) is 19.1 Å². The van der Waals surface area contributed by atoms with E-state index in [1.807, 2.05) is 0 Å². The van der Waals surface area contributed by atoms with Crippen LogP contribution in [-0.4, -0.2) is 40.2 Å². The Morgan fingerprint density at radius 2 is 2.24 bits per heavy atom. The number of imidazole rings is 1. The number of hydrogen-bond donors (Lipinski definition) is 4. The number of aromatic nitrogens is 2. The Morgan fingerprint density at radius 1 is 1.48 bits per heavy atom. The number of aliphatic carboxylic acids is 1. The van der Waals surface area contributed by atoms with Gasteiger partial charge in [0.05, 0.1) is 24.7 Å². The Balaban J connectivity index is 1.97. The van der Waals surface area contributed by atoms with E-state index in [4.69, 9.17) is 9.84 Å². The second-order valence-corrected chi connectivity index (χ2v) is 4.45. The molecule has 0 spiro atoms. The zero-order valence-electron chi connectivity index (χ0n) is 11.6. The molecule has 0 radical (unpaired) electrons. The Bertz CT molecular complexity index is 667. The predicted molar refractivity (Wildman–Crippen MR) is 75.1 cm³/mol. The molecule has 0 fully saturated rings. The number of methoxy groups -OCH3 is 1. The molecule has 0 saturated carbocycles. The van der Waals surface area contributed by atoms with Crippen molar-refractivity contribution in [3.8, 4) is 5.75 Å². The number of carbonyl (C=O) groups excluding carboxylic acids is 1. The molecule has 0 bridgehead atoms. The van der Waals surface area contributed by atoms with Crippen molar-refractivity contribution in [3.63, 3.8) is 0 Å². The number of rotatable bonds is 5. The van der Waals surface area contributed by atoms with Crippen LogP contribution in [0.4, 0.5) is 4.79 Å². The first-order valence-corrected chi connectivity index (χ1v) is 6.29. The molecule has 8 nitrogen and oxygen atoms in total. The molecular weight excluding hydrogens is 276 g/mol. The normalized spacial score (nSPS) is 11.9. The molecule has 112 valence electrons. The summed E-state index contributed by atoms with van der Waals surface area (Å²) in [5.41, 5.74) is 1.55. The van der Waals surface area contributed by atoms with Crippen LogP contribution in [-0.2, 0) is 11.3 Å². The number of nitrogens with one attached hydrogen (secondary N) is 3. The number of ether oxygens (including phenoxy) is 1. The smallest absolute Gasteiger partial charge is 0.325 e. The van der Waals surface area contributed by atoms with Gasteiger partial charge in [-0.25, -0.2) is 9.78 Å². The van der Waals surface area contributed by atoms with Gasteiger partial charge in [0.1, 0.15) is 17.6 Å². The van der Waals surface area contributed by atoms with Crippen LogP contribution in [0.2, 0.25) is 0 Å². The van der Waals surface area contributed by atoms with Crippen LogP contribution >= 0.6 is 0 Å². The van der Waals surface area contributed by atoms with Crippen molar-refractivity contribution in [2.24, 2.45) is 0 Å². The van der Waals surface area contributed by atoms with Crippen LogP contribution in [0.1, 0.15) is 12.7 Å².